The van der Waals surface area contributed by atoms with Gasteiger partial charge >= 0.3 is 0 Å². The summed E-state index contributed by atoms with van der Waals surface area (Å²) in [6.45, 7) is 9.36. The number of nitrogens with one attached hydrogen (secondary N) is 1. The summed E-state index contributed by atoms with van der Waals surface area (Å²) < 4.78 is 0. The van der Waals surface area contributed by atoms with Crippen molar-refractivity contribution in [2.75, 3.05) is 32.8 Å². The first kappa shape index (κ1) is 12.9. The van der Waals surface area contributed by atoms with Crippen molar-refractivity contribution in [1.29, 1.82) is 0 Å². The van der Waals surface area contributed by atoms with E-state index in [4.69, 9.17) is 5.11 Å². The summed E-state index contributed by atoms with van der Waals surface area (Å²) in [5, 5.41) is 12.6. The van der Waals surface area contributed by atoms with Crippen molar-refractivity contribution in [2.45, 2.75) is 39.2 Å². The van der Waals surface area contributed by atoms with E-state index in [2.05, 4.69) is 24.1 Å². The molecule has 1 rings (SSSR count). The minimum atomic E-state index is 0.251. The smallest absolute Gasteiger partial charge is 0.0587 e. The summed E-state index contributed by atoms with van der Waals surface area (Å²) in [6, 6.07) is 0.267. The van der Waals surface area contributed by atoms with Gasteiger partial charge in [-0.05, 0) is 51.4 Å². The predicted octanol–water partition coefficient (Wildman–Crippen LogP) is 1.08. The fourth-order valence-corrected chi connectivity index (χ4v) is 2.11. The van der Waals surface area contributed by atoms with Crippen LogP contribution < -0.4 is 5.32 Å². The van der Waals surface area contributed by atoms with E-state index in [1.165, 1.54) is 38.9 Å². The maximum Gasteiger partial charge on any atom is 0.0587 e. The zero-order valence-corrected chi connectivity index (χ0v) is 10.2. The largest absolute Gasteiger partial charge is 0.395 e. The molecule has 0 spiro atoms. The average molecular weight is 214 g/mol. The van der Waals surface area contributed by atoms with Crippen LogP contribution in [0.2, 0.25) is 0 Å². The fraction of sp³-hybridized carbons (Fsp3) is 1.00. The zero-order valence-electron chi connectivity index (χ0n) is 10.2. The van der Waals surface area contributed by atoms with E-state index in [1.54, 1.807) is 0 Å². The minimum Gasteiger partial charge on any atom is -0.395 e. The van der Waals surface area contributed by atoms with E-state index in [0.29, 0.717) is 5.92 Å². The molecule has 1 unspecified atom stereocenters. The third-order valence-electron chi connectivity index (χ3n) is 3.26. The molecule has 1 saturated heterocycles. The SMILES string of the molecule is CC(C)C(CO)NCCCN1CCCC1. The number of hydrogen-bond donors (Lipinski definition) is 2. The van der Waals surface area contributed by atoms with Crippen LogP contribution in [-0.4, -0.2) is 48.8 Å². The van der Waals surface area contributed by atoms with Crippen LogP contribution in [0, 0.1) is 5.92 Å². The Balaban J connectivity index is 1.99. The third-order valence-corrected chi connectivity index (χ3v) is 3.26. The fourth-order valence-electron chi connectivity index (χ4n) is 2.11. The molecule has 2 N–H and O–H groups in total. The summed E-state index contributed by atoms with van der Waals surface area (Å²) >= 11 is 0. The number of hydrogen-bond acceptors (Lipinski definition) is 3. The van der Waals surface area contributed by atoms with E-state index >= 15 is 0 Å². The Labute approximate surface area is 93.9 Å². The van der Waals surface area contributed by atoms with Gasteiger partial charge in [0.05, 0.1) is 6.61 Å². The van der Waals surface area contributed by atoms with Crippen LogP contribution in [0.15, 0.2) is 0 Å². The van der Waals surface area contributed by atoms with Crippen molar-refractivity contribution in [2.24, 2.45) is 5.92 Å². The molecule has 1 aliphatic rings. The first-order valence-electron chi connectivity index (χ1n) is 6.30. The molecule has 0 aromatic carbocycles. The van der Waals surface area contributed by atoms with Gasteiger partial charge in [0, 0.05) is 6.04 Å². The highest BCUT2D eigenvalue weighted by atomic mass is 16.3. The zero-order chi connectivity index (χ0) is 11.1. The molecule has 0 saturated carbocycles. The molecule has 1 aliphatic heterocycles. The molecule has 0 bridgehead atoms. The second kappa shape index (κ2) is 7.20. The lowest BCUT2D eigenvalue weighted by Crippen LogP contribution is -2.38. The van der Waals surface area contributed by atoms with Crippen LogP contribution in [0.5, 0.6) is 0 Å². The molecule has 0 amide bonds. The van der Waals surface area contributed by atoms with Crippen LogP contribution >= 0.6 is 0 Å². The molecule has 0 aliphatic carbocycles. The van der Waals surface area contributed by atoms with E-state index in [1.807, 2.05) is 0 Å². The Morgan fingerprint density at radius 2 is 1.93 bits per heavy atom. The molecule has 3 nitrogen and oxygen atoms in total. The van der Waals surface area contributed by atoms with E-state index in [9.17, 15) is 0 Å². The van der Waals surface area contributed by atoms with E-state index < -0.39 is 0 Å². The van der Waals surface area contributed by atoms with Crippen molar-refractivity contribution in [3.63, 3.8) is 0 Å². The third kappa shape index (κ3) is 4.96. The van der Waals surface area contributed by atoms with Gasteiger partial charge in [0.2, 0.25) is 0 Å². The summed E-state index contributed by atoms with van der Waals surface area (Å²) in [6.07, 6.45) is 3.95. The summed E-state index contributed by atoms with van der Waals surface area (Å²) in [5.74, 6) is 0.516. The molecule has 1 fully saturated rings. The lowest BCUT2D eigenvalue weighted by atomic mass is 10.1. The van der Waals surface area contributed by atoms with E-state index in [-0.39, 0.29) is 12.6 Å². The van der Waals surface area contributed by atoms with E-state index in [0.717, 1.165) is 6.54 Å². The van der Waals surface area contributed by atoms with Gasteiger partial charge in [-0.25, -0.2) is 0 Å². The van der Waals surface area contributed by atoms with Crippen LogP contribution in [0.1, 0.15) is 33.1 Å². The van der Waals surface area contributed by atoms with Gasteiger partial charge < -0.3 is 15.3 Å². The Morgan fingerprint density at radius 1 is 1.27 bits per heavy atom. The molecule has 1 heterocycles. The molecule has 1 atom stereocenters. The molecule has 3 heteroatoms. The van der Waals surface area contributed by atoms with Crippen molar-refractivity contribution in [3.8, 4) is 0 Å². The Morgan fingerprint density at radius 3 is 2.47 bits per heavy atom. The highest BCUT2D eigenvalue weighted by molar-refractivity contribution is 4.70. The van der Waals surface area contributed by atoms with Crippen LogP contribution in [0.25, 0.3) is 0 Å². The Bertz CT molecular complexity index is 156. The maximum atomic E-state index is 9.13. The monoisotopic (exact) mass is 214 g/mol. The molecule has 15 heavy (non-hydrogen) atoms. The highest BCUT2D eigenvalue weighted by Gasteiger charge is 2.12. The van der Waals surface area contributed by atoms with Crippen molar-refractivity contribution >= 4 is 0 Å². The standard InChI is InChI=1S/C12H26N2O/c1-11(2)12(10-15)13-6-5-9-14-7-3-4-8-14/h11-13,15H,3-10H2,1-2H3. The molecule has 0 aromatic rings. The lowest BCUT2D eigenvalue weighted by Gasteiger charge is -2.21. The summed E-state index contributed by atoms with van der Waals surface area (Å²) in [4.78, 5) is 2.53. The number of nitrogens with zero attached hydrogens (tertiary/aromatic N) is 1. The van der Waals surface area contributed by atoms with Crippen LogP contribution in [0.3, 0.4) is 0 Å². The second-order valence-corrected chi connectivity index (χ2v) is 4.89. The number of aliphatic hydroxyl groups is 1. The molecular formula is C12H26N2O. The van der Waals surface area contributed by atoms with Gasteiger partial charge in [-0.1, -0.05) is 13.8 Å². The molecule has 0 radical (unpaired) electrons. The molecular weight excluding hydrogens is 188 g/mol. The molecule has 0 aromatic heterocycles. The average Bonchev–Trinajstić information content (AvgIpc) is 2.70. The number of aliphatic hydroxyl groups excluding tert-OH is 1. The topological polar surface area (TPSA) is 35.5 Å². The van der Waals surface area contributed by atoms with Gasteiger partial charge in [-0.2, -0.15) is 0 Å². The lowest BCUT2D eigenvalue weighted by molar-refractivity contribution is 0.208. The predicted molar refractivity (Wildman–Crippen MR) is 64.0 cm³/mol. The van der Waals surface area contributed by atoms with Gasteiger partial charge in [-0.3, -0.25) is 0 Å². The number of likely N-dealkylation sites (tertiary alicyclic amines) is 1. The Kier molecular flexibility index (Phi) is 6.22. The minimum absolute atomic E-state index is 0.251. The van der Waals surface area contributed by atoms with Crippen molar-refractivity contribution in [3.05, 3.63) is 0 Å². The first-order chi connectivity index (χ1) is 7.24. The maximum absolute atomic E-state index is 9.13. The summed E-state index contributed by atoms with van der Waals surface area (Å²) in [5.41, 5.74) is 0. The highest BCUT2D eigenvalue weighted by Crippen LogP contribution is 2.07. The quantitative estimate of drug-likeness (QED) is 0.623. The number of rotatable bonds is 7. The van der Waals surface area contributed by atoms with Crippen molar-refractivity contribution < 1.29 is 5.11 Å². The van der Waals surface area contributed by atoms with Crippen LogP contribution in [0.4, 0.5) is 0 Å². The normalized spacial score (nSPS) is 20.0. The summed E-state index contributed by atoms with van der Waals surface area (Å²) in [7, 11) is 0. The first-order valence-corrected chi connectivity index (χ1v) is 6.30. The van der Waals surface area contributed by atoms with Gasteiger partial charge in [0.1, 0.15) is 0 Å². The van der Waals surface area contributed by atoms with Crippen molar-refractivity contribution in [1.82, 2.24) is 10.2 Å². The van der Waals surface area contributed by atoms with Crippen LogP contribution in [-0.2, 0) is 0 Å². The second-order valence-electron chi connectivity index (χ2n) is 4.89. The van der Waals surface area contributed by atoms with Gasteiger partial charge in [0.15, 0.2) is 0 Å². The van der Waals surface area contributed by atoms with Gasteiger partial charge in [0.25, 0.3) is 0 Å². The van der Waals surface area contributed by atoms with Gasteiger partial charge in [-0.15, -0.1) is 0 Å². The Hall–Kier alpha value is -0.120. The molecule has 90 valence electrons.